The molecule has 0 aliphatic heterocycles. The lowest BCUT2D eigenvalue weighted by Gasteiger charge is -2.06. The first kappa shape index (κ1) is 12.7. The fourth-order valence-electron chi connectivity index (χ4n) is 1.77. The molecule has 0 heterocycles. The molecule has 1 aromatic carbocycles. The summed E-state index contributed by atoms with van der Waals surface area (Å²) in [5, 5.41) is 0. The summed E-state index contributed by atoms with van der Waals surface area (Å²) in [4.78, 5) is 4.41. The van der Waals surface area contributed by atoms with Crippen molar-refractivity contribution in [2.24, 2.45) is 4.99 Å². The van der Waals surface area contributed by atoms with Crippen LogP contribution in [0.25, 0.3) is 5.57 Å². The molecule has 0 N–H and O–H groups in total. The highest BCUT2D eigenvalue weighted by atomic mass is 14.7. The predicted molar refractivity (Wildman–Crippen MR) is 73.0 cm³/mol. The maximum Gasteiger partial charge on any atom is 0.0364 e. The lowest BCUT2D eigenvalue weighted by atomic mass is 10.0. The lowest BCUT2D eigenvalue weighted by molar-refractivity contribution is 0.973. The highest BCUT2D eigenvalue weighted by Crippen LogP contribution is 2.19. The van der Waals surface area contributed by atoms with E-state index in [-0.39, 0.29) is 0 Å². The average Bonchev–Trinajstić information content (AvgIpc) is 2.30. The molecule has 0 fully saturated rings. The Morgan fingerprint density at radius 1 is 1.19 bits per heavy atom. The van der Waals surface area contributed by atoms with Gasteiger partial charge in [-0.15, -0.1) is 0 Å². The van der Waals surface area contributed by atoms with E-state index >= 15 is 0 Å². The van der Waals surface area contributed by atoms with Gasteiger partial charge in [-0.3, -0.25) is 4.99 Å². The minimum absolute atomic E-state index is 0.858. The molecule has 0 aromatic heterocycles. The van der Waals surface area contributed by atoms with E-state index in [9.17, 15) is 0 Å². The van der Waals surface area contributed by atoms with Crippen LogP contribution in [0, 0.1) is 0 Å². The standard InChI is InChI=1S/C15H21N/c1-4-9-15(12-13(3)16-5-2)14-10-7-6-8-11-14/h6-8,10-12H,4-5,9H2,1-3H3/b15-12-,16-13?. The van der Waals surface area contributed by atoms with Crippen LogP contribution < -0.4 is 0 Å². The van der Waals surface area contributed by atoms with Gasteiger partial charge in [0.2, 0.25) is 0 Å². The number of rotatable bonds is 5. The molecule has 0 bridgehead atoms. The second-order valence-corrected chi connectivity index (χ2v) is 3.90. The summed E-state index contributed by atoms with van der Waals surface area (Å²) < 4.78 is 0. The second-order valence-electron chi connectivity index (χ2n) is 3.90. The molecular formula is C15H21N. The molecule has 0 saturated carbocycles. The summed E-state index contributed by atoms with van der Waals surface area (Å²) >= 11 is 0. The molecule has 0 aliphatic rings. The van der Waals surface area contributed by atoms with Gasteiger partial charge in [-0.25, -0.2) is 0 Å². The first-order valence-corrected chi connectivity index (χ1v) is 6.05. The predicted octanol–water partition coefficient (Wildman–Crippen LogP) is 4.35. The van der Waals surface area contributed by atoms with Crippen molar-refractivity contribution in [3.05, 3.63) is 42.0 Å². The van der Waals surface area contributed by atoms with Crippen molar-refractivity contribution < 1.29 is 0 Å². The number of aliphatic imine (C=N–C) groups is 1. The van der Waals surface area contributed by atoms with Crippen LogP contribution in [0.15, 0.2) is 41.4 Å². The van der Waals surface area contributed by atoms with Crippen LogP contribution in [0.3, 0.4) is 0 Å². The van der Waals surface area contributed by atoms with Gasteiger partial charge in [-0.05, 0) is 37.5 Å². The van der Waals surface area contributed by atoms with Gasteiger partial charge in [-0.2, -0.15) is 0 Å². The zero-order chi connectivity index (χ0) is 11.8. The SMILES string of the molecule is CCC/C(=C/C(C)=NCC)c1ccccc1. The molecular weight excluding hydrogens is 194 g/mol. The zero-order valence-corrected chi connectivity index (χ0v) is 10.5. The Balaban J connectivity index is 2.95. The highest BCUT2D eigenvalue weighted by Gasteiger charge is 2.00. The van der Waals surface area contributed by atoms with Gasteiger partial charge in [0, 0.05) is 12.3 Å². The van der Waals surface area contributed by atoms with Gasteiger partial charge >= 0.3 is 0 Å². The minimum Gasteiger partial charge on any atom is -0.290 e. The van der Waals surface area contributed by atoms with E-state index in [0.29, 0.717) is 0 Å². The van der Waals surface area contributed by atoms with Crippen molar-refractivity contribution in [3.8, 4) is 0 Å². The van der Waals surface area contributed by atoms with E-state index in [2.05, 4.69) is 62.2 Å². The Kier molecular flexibility index (Phi) is 5.55. The fourth-order valence-corrected chi connectivity index (χ4v) is 1.77. The Hall–Kier alpha value is -1.37. The Morgan fingerprint density at radius 3 is 2.44 bits per heavy atom. The van der Waals surface area contributed by atoms with Gasteiger partial charge in [-0.1, -0.05) is 43.7 Å². The third-order valence-corrected chi connectivity index (χ3v) is 2.45. The molecule has 0 unspecified atom stereocenters. The number of hydrogen-bond acceptors (Lipinski definition) is 1. The molecule has 0 aliphatic carbocycles. The van der Waals surface area contributed by atoms with Crippen molar-refractivity contribution in [1.82, 2.24) is 0 Å². The van der Waals surface area contributed by atoms with Gasteiger partial charge in [0.05, 0.1) is 0 Å². The average molecular weight is 215 g/mol. The van der Waals surface area contributed by atoms with Crippen molar-refractivity contribution in [1.29, 1.82) is 0 Å². The van der Waals surface area contributed by atoms with Gasteiger partial charge in [0.1, 0.15) is 0 Å². The van der Waals surface area contributed by atoms with Crippen molar-refractivity contribution in [2.45, 2.75) is 33.6 Å². The molecule has 1 heteroatoms. The van der Waals surface area contributed by atoms with Gasteiger partial charge in [0.15, 0.2) is 0 Å². The molecule has 0 radical (unpaired) electrons. The second kappa shape index (κ2) is 7.00. The van der Waals surface area contributed by atoms with Crippen LogP contribution in [-0.4, -0.2) is 12.3 Å². The number of hydrogen-bond donors (Lipinski definition) is 0. The summed E-state index contributed by atoms with van der Waals surface area (Å²) in [5.74, 6) is 0. The number of allylic oxidation sites excluding steroid dienone is 2. The molecule has 86 valence electrons. The quantitative estimate of drug-likeness (QED) is 0.647. The largest absolute Gasteiger partial charge is 0.290 e. The third-order valence-electron chi connectivity index (χ3n) is 2.45. The van der Waals surface area contributed by atoms with Crippen LogP contribution >= 0.6 is 0 Å². The van der Waals surface area contributed by atoms with Crippen LogP contribution in [0.4, 0.5) is 0 Å². The summed E-state index contributed by atoms with van der Waals surface area (Å²) in [6, 6.07) is 10.6. The normalized spacial score (nSPS) is 12.9. The van der Waals surface area contributed by atoms with E-state index < -0.39 is 0 Å². The first-order chi connectivity index (χ1) is 7.77. The van der Waals surface area contributed by atoms with E-state index in [1.807, 2.05) is 0 Å². The molecule has 16 heavy (non-hydrogen) atoms. The fraction of sp³-hybridized carbons (Fsp3) is 0.400. The summed E-state index contributed by atoms with van der Waals surface area (Å²) in [6.07, 6.45) is 4.49. The first-order valence-electron chi connectivity index (χ1n) is 6.05. The maximum absolute atomic E-state index is 4.41. The van der Waals surface area contributed by atoms with Crippen LogP contribution in [0.1, 0.15) is 39.2 Å². The molecule has 1 aromatic rings. The van der Waals surface area contributed by atoms with Crippen LogP contribution in [0.2, 0.25) is 0 Å². The molecule has 1 nitrogen and oxygen atoms in total. The van der Waals surface area contributed by atoms with Crippen LogP contribution in [-0.2, 0) is 0 Å². The Morgan fingerprint density at radius 2 is 1.88 bits per heavy atom. The van der Waals surface area contributed by atoms with Crippen LogP contribution in [0.5, 0.6) is 0 Å². The lowest BCUT2D eigenvalue weighted by Crippen LogP contribution is -1.91. The van der Waals surface area contributed by atoms with Gasteiger partial charge < -0.3 is 0 Å². The zero-order valence-electron chi connectivity index (χ0n) is 10.5. The van der Waals surface area contributed by atoms with E-state index in [1.165, 1.54) is 17.6 Å². The van der Waals surface area contributed by atoms with Gasteiger partial charge in [0.25, 0.3) is 0 Å². The number of benzene rings is 1. The highest BCUT2D eigenvalue weighted by molar-refractivity contribution is 5.99. The van der Waals surface area contributed by atoms with E-state index in [0.717, 1.165) is 18.7 Å². The molecule has 0 amide bonds. The summed E-state index contributed by atoms with van der Waals surface area (Å²) in [7, 11) is 0. The molecule has 0 saturated heterocycles. The molecule has 0 atom stereocenters. The summed E-state index contributed by atoms with van der Waals surface area (Å²) in [5.41, 5.74) is 3.82. The van der Waals surface area contributed by atoms with Crippen molar-refractivity contribution >= 4 is 11.3 Å². The molecule has 1 rings (SSSR count). The van der Waals surface area contributed by atoms with E-state index in [1.54, 1.807) is 0 Å². The van der Waals surface area contributed by atoms with E-state index in [4.69, 9.17) is 0 Å². The Labute approximate surface area is 98.9 Å². The van der Waals surface area contributed by atoms with Crippen molar-refractivity contribution in [3.63, 3.8) is 0 Å². The Bertz CT molecular complexity index is 360. The summed E-state index contributed by atoms with van der Waals surface area (Å²) in [6.45, 7) is 7.21. The smallest absolute Gasteiger partial charge is 0.0364 e. The topological polar surface area (TPSA) is 12.4 Å². The molecule has 0 spiro atoms. The third kappa shape index (κ3) is 4.01. The van der Waals surface area contributed by atoms with Crippen molar-refractivity contribution in [2.75, 3.05) is 6.54 Å². The monoisotopic (exact) mass is 215 g/mol. The number of nitrogens with zero attached hydrogens (tertiary/aromatic N) is 1. The minimum atomic E-state index is 0.858. The maximum atomic E-state index is 4.41.